The first-order valence-corrected chi connectivity index (χ1v) is 6.93. The molecule has 3 N–H and O–H groups in total. The summed E-state index contributed by atoms with van der Waals surface area (Å²) in [4.78, 5) is 20.2. The van der Waals surface area contributed by atoms with Crippen molar-refractivity contribution in [3.8, 4) is 0 Å². The molecular weight excluding hydrogens is 311 g/mol. The Labute approximate surface area is 131 Å². The van der Waals surface area contributed by atoms with Crippen molar-refractivity contribution in [2.24, 2.45) is 10.7 Å². The lowest BCUT2D eigenvalue weighted by Crippen LogP contribution is -2.14. The number of hydrogen-bond donors (Lipinski definition) is 2. The van der Waals surface area contributed by atoms with Crippen molar-refractivity contribution in [2.75, 3.05) is 11.2 Å². The summed E-state index contributed by atoms with van der Waals surface area (Å²) in [6.45, 7) is 0. The van der Waals surface area contributed by atoms with Gasteiger partial charge in [-0.15, -0.1) is 11.6 Å². The normalized spacial score (nSPS) is 11.2. The van der Waals surface area contributed by atoms with Crippen LogP contribution in [0.4, 0.5) is 11.4 Å². The number of carbonyl (C=O) groups excluding carboxylic acids is 1. The highest BCUT2D eigenvalue weighted by Crippen LogP contribution is 2.25. The van der Waals surface area contributed by atoms with Gasteiger partial charge in [0.25, 0.3) is 5.91 Å². The summed E-state index contributed by atoms with van der Waals surface area (Å²) in [5, 5.41) is 2.86. The average Bonchev–Trinajstić information content (AvgIpc) is 2.49. The molecule has 0 saturated heterocycles. The molecule has 0 aliphatic heterocycles. The molecule has 21 heavy (non-hydrogen) atoms. The number of nitrogens with one attached hydrogen (secondary N) is 1. The smallest absolute Gasteiger partial charge is 0.258 e. The van der Waals surface area contributed by atoms with E-state index in [1.165, 1.54) is 6.20 Å². The second kappa shape index (κ2) is 7.06. The number of aromatic nitrogens is 1. The van der Waals surface area contributed by atoms with Crippen LogP contribution in [-0.4, -0.2) is 22.6 Å². The predicted molar refractivity (Wildman–Crippen MR) is 85.6 cm³/mol. The first-order valence-electron chi connectivity index (χ1n) is 6.01. The van der Waals surface area contributed by atoms with Gasteiger partial charge in [-0.1, -0.05) is 23.7 Å². The number of benzene rings is 1. The lowest BCUT2D eigenvalue weighted by molar-refractivity contribution is 0.102. The number of amidine groups is 1. The molecule has 7 heteroatoms. The largest absolute Gasteiger partial charge is 0.386 e. The van der Waals surface area contributed by atoms with Gasteiger partial charge in [0.05, 0.1) is 22.8 Å². The van der Waals surface area contributed by atoms with Gasteiger partial charge >= 0.3 is 0 Å². The standard InChI is InChI=1S/C14H12Cl2N4O/c15-8-12(17)19-10-5-1-2-6-11(10)20-14(21)9-4-3-7-18-13(9)16/h1-7H,8H2,(H2,17,19)(H,20,21). The number of alkyl halides is 1. The Bertz CT molecular complexity index is 688. The molecule has 2 aromatic rings. The van der Waals surface area contributed by atoms with Crippen molar-refractivity contribution in [3.63, 3.8) is 0 Å². The minimum Gasteiger partial charge on any atom is -0.386 e. The number of carbonyl (C=O) groups is 1. The van der Waals surface area contributed by atoms with E-state index < -0.39 is 0 Å². The van der Waals surface area contributed by atoms with Crippen molar-refractivity contribution >= 4 is 46.3 Å². The SMILES string of the molecule is NC(CCl)=Nc1ccccc1NC(=O)c1cccnc1Cl. The van der Waals surface area contributed by atoms with Crippen LogP contribution in [0, 0.1) is 0 Å². The summed E-state index contributed by atoms with van der Waals surface area (Å²) >= 11 is 11.5. The number of amides is 1. The van der Waals surface area contributed by atoms with Crippen LogP contribution in [-0.2, 0) is 0 Å². The van der Waals surface area contributed by atoms with Crippen LogP contribution in [0.25, 0.3) is 0 Å². The zero-order chi connectivity index (χ0) is 15.2. The maximum Gasteiger partial charge on any atom is 0.258 e. The molecule has 1 heterocycles. The number of nitrogens with zero attached hydrogens (tertiary/aromatic N) is 2. The maximum absolute atomic E-state index is 12.2. The van der Waals surface area contributed by atoms with Gasteiger partial charge in [-0.05, 0) is 24.3 Å². The summed E-state index contributed by atoms with van der Waals surface area (Å²) in [6, 6.07) is 10.2. The van der Waals surface area contributed by atoms with Crippen LogP contribution >= 0.6 is 23.2 Å². The van der Waals surface area contributed by atoms with Crippen LogP contribution < -0.4 is 11.1 Å². The van der Waals surface area contributed by atoms with Gasteiger partial charge in [-0.3, -0.25) is 4.79 Å². The Morgan fingerprint density at radius 2 is 2.05 bits per heavy atom. The average molecular weight is 323 g/mol. The first-order chi connectivity index (χ1) is 10.1. The second-order valence-corrected chi connectivity index (χ2v) is 4.68. The number of rotatable bonds is 4. The molecule has 0 saturated carbocycles. The third-order valence-corrected chi connectivity index (χ3v) is 3.13. The second-order valence-electron chi connectivity index (χ2n) is 4.05. The highest BCUT2D eigenvalue weighted by molar-refractivity contribution is 6.33. The van der Waals surface area contributed by atoms with E-state index in [0.717, 1.165) is 0 Å². The molecule has 108 valence electrons. The van der Waals surface area contributed by atoms with Gasteiger partial charge < -0.3 is 11.1 Å². The molecule has 0 radical (unpaired) electrons. The molecule has 1 aromatic carbocycles. The summed E-state index contributed by atoms with van der Waals surface area (Å²) < 4.78 is 0. The molecule has 0 aliphatic carbocycles. The molecule has 0 fully saturated rings. The molecule has 2 rings (SSSR count). The van der Waals surface area contributed by atoms with E-state index in [1.54, 1.807) is 36.4 Å². The number of nitrogens with two attached hydrogens (primary N) is 1. The van der Waals surface area contributed by atoms with Crippen molar-refractivity contribution in [1.82, 2.24) is 4.98 Å². The van der Waals surface area contributed by atoms with Crippen LogP contribution in [0.5, 0.6) is 0 Å². The van der Waals surface area contributed by atoms with Crippen LogP contribution in [0.15, 0.2) is 47.6 Å². The van der Waals surface area contributed by atoms with Gasteiger partial charge in [0.15, 0.2) is 0 Å². The number of pyridine rings is 1. The van der Waals surface area contributed by atoms with E-state index in [9.17, 15) is 4.79 Å². The van der Waals surface area contributed by atoms with Crippen molar-refractivity contribution in [2.45, 2.75) is 0 Å². The minimum absolute atomic E-state index is 0.108. The molecule has 5 nitrogen and oxygen atoms in total. The number of hydrogen-bond acceptors (Lipinski definition) is 3. The minimum atomic E-state index is -0.375. The Morgan fingerprint density at radius 1 is 1.29 bits per heavy atom. The van der Waals surface area contributed by atoms with E-state index in [2.05, 4.69) is 15.3 Å². The Balaban J connectivity index is 2.28. The Morgan fingerprint density at radius 3 is 2.76 bits per heavy atom. The lowest BCUT2D eigenvalue weighted by atomic mass is 10.2. The van der Waals surface area contributed by atoms with Crippen molar-refractivity contribution in [3.05, 3.63) is 53.3 Å². The zero-order valence-electron chi connectivity index (χ0n) is 10.9. The van der Waals surface area contributed by atoms with Crippen LogP contribution in [0.1, 0.15) is 10.4 Å². The summed E-state index contributed by atoms with van der Waals surface area (Å²) in [7, 11) is 0. The molecular formula is C14H12Cl2N4O. The number of para-hydroxylation sites is 2. The van der Waals surface area contributed by atoms with Gasteiger partial charge in [0.2, 0.25) is 0 Å². The number of anilines is 1. The maximum atomic E-state index is 12.2. The van der Waals surface area contributed by atoms with Gasteiger partial charge in [0.1, 0.15) is 11.0 Å². The van der Waals surface area contributed by atoms with Crippen molar-refractivity contribution in [1.29, 1.82) is 0 Å². The lowest BCUT2D eigenvalue weighted by Gasteiger charge is -2.09. The number of aliphatic imine (C=N–C) groups is 1. The van der Waals surface area contributed by atoms with E-state index in [-0.39, 0.29) is 28.3 Å². The third kappa shape index (κ3) is 3.93. The molecule has 1 aromatic heterocycles. The van der Waals surface area contributed by atoms with Gasteiger partial charge in [0, 0.05) is 6.20 Å². The monoisotopic (exact) mass is 322 g/mol. The van der Waals surface area contributed by atoms with Gasteiger partial charge in [-0.2, -0.15) is 0 Å². The molecule has 0 atom stereocenters. The predicted octanol–water partition coefficient (Wildman–Crippen LogP) is 3.21. The topological polar surface area (TPSA) is 80.4 Å². The molecule has 0 bridgehead atoms. The summed E-state index contributed by atoms with van der Waals surface area (Å²) in [6.07, 6.45) is 1.51. The zero-order valence-corrected chi connectivity index (χ0v) is 12.4. The molecule has 0 spiro atoms. The molecule has 0 aliphatic rings. The first kappa shape index (κ1) is 15.3. The van der Waals surface area contributed by atoms with Gasteiger partial charge in [-0.25, -0.2) is 9.98 Å². The number of halogens is 2. The fourth-order valence-corrected chi connectivity index (χ4v) is 1.87. The third-order valence-electron chi connectivity index (χ3n) is 2.56. The highest BCUT2D eigenvalue weighted by Gasteiger charge is 2.12. The van der Waals surface area contributed by atoms with E-state index >= 15 is 0 Å². The molecule has 0 unspecified atom stereocenters. The fourth-order valence-electron chi connectivity index (χ4n) is 1.61. The summed E-state index contributed by atoms with van der Waals surface area (Å²) in [5.41, 5.74) is 6.92. The van der Waals surface area contributed by atoms with E-state index in [0.29, 0.717) is 11.4 Å². The van der Waals surface area contributed by atoms with Crippen LogP contribution in [0.3, 0.4) is 0 Å². The Hall–Kier alpha value is -2.11. The van der Waals surface area contributed by atoms with Crippen LogP contribution in [0.2, 0.25) is 5.15 Å². The van der Waals surface area contributed by atoms with Crippen molar-refractivity contribution < 1.29 is 4.79 Å². The van der Waals surface area contributed by atoms with E-state index in [1.807, 2.05) is 0 Å². The van der Waals surface area contributed by atoms with E-state index in [4.69, 9.17) is 28.9 Å². The molecule has 1 amide bonds. The fraction of sp³-hybridized carbons (Fsp3) is 0.0714. The Kier molecular flexibility index (Phi) is 5.14. The quantitative estimate of drug-likeness (QED) is 0.392. The summed E-state index contributed by atoms with van der Waals surface area (Å²) in [5.74, 6) is -0.00514. The highest BCUT2D eigenvalue weighted by atomic mass is 35.5.